The maximum Gasteiger partial charge on any atom is 0.419 e. The molecule has 266 valence electrons. The number of amides is 3. The molecule has 3 aromatic carbocycles. The van der Waals surface area contributed by atoms with Crippen molar-refractivity contribution in [2.45, 2.75) is 38.5 Å². The van der Waals surface area contributed by atoms with Crippen LogP contribution in [0, 0.1) is 11.2 Å². The zero-order valence-corrected chi connectivity index (χ0v) is 27.5. The first-order chi connectivity index (χ1) is 23.3. The lowest BCUT2D eigenvalue weighted by Gasteiger charge is -2.27. The molecule has 1 aliphatic heterocycles. The summed E-state index contributed by atoms with van der Waals surface area (Å²) in [6, 6.07) is 9.16. The third-order valence-corrected chi connectivity index (χ3v) is 9.53. The number of aliphatic hydroxyl groups excluding tert-OH is 1. The summed E-state index contributed by atoms with van der Waals surface area (Å²) < 4.78 is 99.8. The maximum atomic E-state index is 13.9. The molecule has 1 aromatic heterocycles. The largest absolute Gasteiger partial charge is 0.496 e. The third-order valence-electron chi connectivity index (χ3n) is 8.38. The highest BCUT2D eigenvalue weighted by Crippen LogP contribution is 2.41. The Morgan fingerprint density at radius 3 is 2.30 bits per heavy atom. The maximum absolute atomic E-state index is 13.9. The number of thiophene rings is 1. The van der Waals surface area contributed by atoms with Gasteiger partial charge in [-0.05, 0) is 68.3 Å². The predicted molar refractivity (Wildman–Crippen MR) is 172 cm³/mol. The number of likely N-dealkylation sites (tertiary alicyclic amines) is 1. The van der Waals surface area contributed by atoms with Crippen molar-refractivity contribution in [1.29, 1.82) is 0 Å². The van der Waals surface area contributed by atoms with Gasteiger partial charge in [0.1, 0.15) is 16.4 Å². The van der Waals surface area contributed by atoms with Crippen LogP contribution in [0.2, 0.25) is 0 Å². The predicted octanol–water partition coefficient (Wildman–Crippen LogP) is 7.93. The van der Waals surface area contributed by atoms with E-state index in [0.29, 0.717) is 48.5 Å². The van der Waals surface area contributed by atoms with E-state index in [1.54, 1.807) is 24.8 Å². The first-order valence-electron chi connectivity index (χ1n) is 15.1. The number of nitrogens with zero attached hydrogens (tertiary/aromatic N) is 1. The highest BCUT2D eigenvalue weighted by molar-refractivity contribution is 7.21. The van der Waals surface area contributed by atoms with Crippen LogP contribution in [0.5, 0.6) is 5.75 Å². The van der Waals surface area contributed by atoms with Gasteiger partial charge in [0.05, 0.1) is 41.5 Å². The number of hydrogen-bond donors (Lipinski definition) is 3. The highest BCUT2D eigenvalue weighted by Gasteiger charge is 2.37. The quantitative estimate of drug-likeness (QED) is 0.160. The molecule has 0 saturated carbocycles. The van der Waals surface area contributed by atoms with Crippen molar-refractivity contribution in [1.82, 2.24) is 4.90 Å². The van der Waals surface area contributed by atoms with Crippen LogP contribution in [0.4, 0.5) is 42.1 Å². The summed E-state index contributed by atoms with van der Waals surface area (Å²) in [6.45, 7) is 3.65. The van der Waals surface area contributed by atoms with E-state index in [2.05, 4.69) is 10.6 Å². The average molecular weight is 726 g/mol. The zero-order chi connectivity index (χ0) is 36.8. The smallest absolute Gasteiger partial charge is 0.419 e. The van der Waals surface area contributed by atoms with Crippen LogP contribution in [-0.4, -0.2) is 54.5 Å². The molecule has 8 nitrogen and oxygen atoms in total. The second kappa shape index (κ2) is 13.5. The van der Waals surface area contributed by atoms with Crippen molar-refractivity contribution in [3.63, 3.8) is 0 Å². The molecule has 1 unspecified atom stereocenters. The van der Waals surface area contributed by atoms with Crippen LogP contribution >= 0.6 is 11.3 Å². The number of ether oxygens (including phenoxy) is 1. The molecule has 50 heavy (non-hydrogen) atoms. The van der Waals surface area contributed by atoms with Crippen molar-refractivity contribution < 1.29 is 55.0 Å². The number of halogens is 7. The minimum atomic E-state index is -5.08. The lowest BCUT2D eigenvalue weighted by Crippen LogP contribution is -2.41. The van der Waals surface area contributed by atoms with Gasteiger partial charge in [-0.15, -0.1) is 11.3 Å². The van der Waals surface area contributed by atoms with E-state index < -0.39 is 52.2 Å². The molecule has 3 N–H and O–H groups in total. The Morgan fingerprint density at radius 2 is 1.66 bits per heavy atom. The Balaban J connectivity index is 1.50. The molecule has 4 aromatic rings. The van der Waals surface area contributed by atoms with Crippen molar-refractivity contribution in [3.8, 4) is 5.75 Å². The molecule has 0 spiro atoms. The van der Waals surface area contributed by atoms with Crippen molar-refractivity contribution in [2.75, 3.05) is 37.4 Å². The SMILES string of the molecule is COc1ccc(C2CCN(C(=O)C(C)(C)CO)C2)cc1C(=O)Nc1c(C(=O)Nc2ccc(F)c(C(F)(F)F)c2)sc2cc(C(F)(F)F)ccc12. The summed E-state index contributed by atoms with van der Waals surface area (Å²) in [5, 5.41) is 14.5. The van der Waals surface area contributed by atoms with E-state index in [0.717, 1.165) is 24.3 Å². The Kier molecular flexibility index (Phi) is 9.91. The minimum absolute atomic E-state index is 0.00330. The fourth-order valence-electron chi connectivity index (χ4n) is 5.62. The topological polar surface area (TPSA) is 108 Å². The van der Waals surface area contributed by atoms with Gasteiger partial charge in [-0.3, -0.25) is 14.4 Å². The summed E-state index contributed by atoms with van der Waals surface area (Å²) >= 11 is 0.562. The lowest BCUT2D eigenvalue weighted by molar-refractivity contribution is -0.141. The van der Waals surface area contributed by atoms with E-state index >= 15 is 0 Å². The highest BCUT2D eigenvalue weighted by atomic mass is 32.1. The van der Waals surface area contributed by atoms with Gasteiger partial charge in [0.25, 0.3) is 11.8 Å². The van der Waals surface area contributed by atoms with E-state index in [-0.39, 0.29) is 50.4 Å². The molecule has 16 heteroatoms. The first kappa shape index (κ1) is 36.6. The average Bonchev–Trinajstić information content (AvgIpc) is 3.69. The standard InChI is InChI=1S/C34H30F7N3O5S/c1-32(2,16-45)31(48)44-11-10-18(15-44)17-4-9-25(49-3)22(12-17)29(46)43-27-21-7-5-19(33(36,37)38)13-26(21)50-28(27)30(47)42-20-6-8-24(35)23(14-20)34(39,40)41/h4-9,12-14,18,45H,10-11,15-16H2,1-3H3,(H,42,47)(H,43,46). The molecule has 1 saturated heterocycles. The Morgan fingerprint density at radius 1 is 0.940 bits per heavy atom. The summed E-state index contributed by atoms with van der Waals surface area (Å²) in [5.41, 5.74) is -3.65. The summed E-state index contributed by atoms with van der Waals surface area (Å²) in [5.74, 6) is -3.76. The Bertz CT molecular complexity index is 1970. The fraction of sp³-hybridized carbons (Fsp3) is 0.324. The number of carbonyl (C=O) groups excluding carboxylic acids is 3. The van der Waals surface area contributed by atoms with Crippen LogP contribution in [0.3, 0.4) is 0 Å². The number of methoxy groups -OCH3 is 1. The van der Waals surface area contributed by atoms with Crippen LogP contribution in [0.15, 0.2) is 54.6 Å². The van der Waals surface area contributed by atoms with E-state index in [1.807, 2.05) is 0 Å². The number of rotatable bonds is 8. The molecule has 0 radical (unpaired) electrons. The third kappa shape index (κ3) is 7.40. The molecular weight excluding hydrogens is 695 g/mol. The zero-order valence-electron chi connectivity index (χ0n) is 26.7. The number of hydrogen-bond acceptors (Lipinski definition) is 6. The molecule has 3 amide bonds. The van der Waals surface area contributed by atoms with Crippen LogP contribution < -0.4 is 15.4 Å². The molecule has 5 rings (SSSR count). The van der Waals surface area contributed by atoms with Crippen molar-refractivity contribution in [2.24, 2.45) is 5.41 Å². The van der Waals surface area contributed by atoms with Gasteiger partial charge in [-0.25, -0.2) is 4.39 Å². The molecule has 0 bridgehead atoms. The molecule has 1 aliphatic rings. The van der Waals surface area contributed by atoms with Crippen LogP contribution in [0.25, 0.3) is 10.1 Å². The summed E-state index contributed by atoms with van der Waals surface area (Å²) in [7, 11) is 1.31. The van der Waals surface area contributed by atoms with Gasteiger partial charge in [0, 0.05) is 34.8 Å². The van der Waals surface area contributed by atoms with E-state index in [9.17, 15) is 50.2 Å². The molecule has 1 atom stereocenters. The normalized spacial score (nSPS) is 15.3. The molecular formula is C34H30F7N3O5S. The number of anilines is 2. The molecule has 0 aliphatic carbocycles. The number of aliphatic hydroxyl groups is 1. The van der Waals surface area contributed by atoms with Gasteiger partial charge in [0.2, 0.25) is 5.91 Å². The van der Waals surface area contributed by atoms with E-state index in [4.69, 9.17) is 4.74 Å². The van der Waals surface area contributed by atoms with Gasteiger partial charge >= 0.3 is 12.4 Å². The van der Waals surface area contributed by atoms with Gasteiger partial charge in [-0.1, -0.05) is 12.1 Å². The van der Waals surface area contributed by atoms with Crippen molar-refractivity contribution in [3.05, 3.63) is 87.5 Å². The fourth-order valence-corrected chi connectivity index (χ4v) is 6.71. The Hall–Kier alpha value is -4.70. The minimum Gasteiger partial charge on any atom is -0.496 e. The number of fused-ring (bicyclic) bond motifs is 1. The van der Waals surface area contributed by atoms with Crippen molar-refractivity contribution >= 4 is 50.5 Å². The van der Waals surface area contributed by atoms with Crippen LogP contribution in [0.1, 0.15) is 62.9 Å². The van der Waals surface area contributed by atoms with Crippen LogP contribution in [-0.2, 0) is 17.1 Å². The summed E-state index contributed by atoms with van der Waals surface area (Å²) in [6.07, 6.45) is -9.26. The van der Waals surface area contributed by atoms with Gasteiger partial charge in [0.15, 0.2) is 0 Å². The second-order valence-corrected chi connectivity index (χ2v) is 13.4. The number of nitrogens with one attached hydrogen (secondary N) is 2. The number of carbonyl (C=O) groups is 3. The van der Waals surface area contributed by atoms with Gasteiger partial charge in [-0.2, -0.15) is 26.3 Å². The second-order valence-electron chi connectivity index (χ2n) is 12.4. The number of benzene rings is 3. The number of alkyl halides is 6. The first-order valence-corrected chi connectivity index (χ1v) is 15.9. The monoisotopic (exact) mass is 725 g/mol. The summed E-state index contributed by atoms with van der Waals surface area (Å²) in [4.78, 5) is 41.5. The molecule has 2 heterocycles. The van der Waals surface area contributed by atoms with E-state index in [1.165, 1.54) is 19.2 Å². The Labute approximate surface area is 284 Å². The lowest BCUT2D eigenvalue weighted by atomic mass is 9.92. The molecule has 1 fully saturated rings. The van der Waals surface area contributed by atoms with Gasteiger partial charge < -0.3 is 25.4 Å².